The van der Waals surface area contributed by atoms with Crippen molar-refractivity contribution in [2.75, 3.05) is 40.5 Å². The molecule has 0 saturated carbocycles. The zero-order valence-corrected chi connectivity index (χ0v) is 28.0. The summed E-state index contributed by atoms with van der Waals surface area (Å²) in [6.07, 6.45) is 0. The largest absolute Gasteiger partial charge is 0.487 e. The molecule has 0 unspecified atom stereocenters. The van der Waals surface area contributed by atoms with Crippen LogP contribution in [-0.2, 0) is 26.3 Å². The molecule has 2 aromatic heterocycles. The maximum atomic E-state index is 9.04. The Bertz CT molecular complexity index is 1500. The number of hydrogen-bond donors (Lipinski definition) is 4. The Kier molecular flexibility index (Phi) is 13.3. The lowest BCUT2D eigenvalue weighted by molar-refractivity contribution is 0.290. The summed E-state index contributed by atoms with van der Waals surface area (Å²) in [6, 6.07) is 15.4. The molecule has 0 atom stereocenters. The third-order valence-electron chi connectivity index (χ3n) is 7.36. The number of pyridine rings is 2. The number of ether oxygens (including phenoxy) is 4. The molecule has 0 bridgehead atoms. The Hall–Kier alpha value is -3.64. The summed E-state index contributed by atoms with van der Waals surface area (Å²) < 4.78 is 23.4. The normalized spacial score (nSPS) is 11.0. The summed E-state index contributed by atoms with van der Waals surface area (Å²) in [6.45, 7) is 6.24. The number of halogens is 2. The van der Waals surface area contributed by atoms with E-state index in [1.54, 1.807) is 26.4 Å². The summed E-state index contributed by atoms with van der Waals surface area (Å²) in [4.78, 5) is 9.14. The van der Waals surface area contributed by atoms with Gasteiger partial charge in [0.25, 0.3) is 0 Å². The highest BCUT2D eigenvalue weighted by molar-refractivity contribution is 6.31. The zero-order valence-electron chi connectivity index (χ0n) is 26.5. The molecule has 0 aliphatic rings. The van der Waals surface area contributed by atoms with Gasteiger partial charge in [-0.1, -0.05) is 47.5 Å². The first kappa shape index (κ1) is 35.2. The lowest BCUT2D eigenvalue weighted by atomic mass is 9.95. The summed E-state index contributed by atoms with van der Waals surface area (Å²) in [7, 11) is 3.12. The second-order valence-corrected chi connectivity index (χ2v) is 11.2. The minimum absolute atomic E-state index is 0.0348. The molecule has 10 nitrogen and oxygen atoms in total. The van der Waals surface area contributed by atoms with E-state index in [1.165, 1.54) is 0 Å². The molecule has 0 radical (unpaired) electrons. The van der Waals surface area contributed by atoms with Gasteiger partial charge in [-0.25, -0.2) is 9.97 Å². The van der Waals surface area contributed by atoms with E-state index in [4.69, 9.17) is 52.4 Å². The summed E-state index contributed by atoms with van der Waals surface area (Å²) in [5, 5.41) is 25.2. The Morgan fingerprint density at radius 3 is 1.46 bits per heavy atom. The number of rotatable bonds is 17. The third kappa shape index (κ3) is 8.79. The molecule has 246 valence electrons. The highest BCUT2D eigenvalue weighted by atomic mass is 35.5. The Morgan fingerprint density at radius 1 is 0.674 bits per heavy atom. The zero-order chi connectivity index (χ0) is 33.1. The van der Waals surface area contributed by atoms with Gasteiger partial charge in [-0.15, -0.1) is 0 Å². The molecule has 0 amide bonds. The summed E-state index contributed by atoms with van der Waals surface area (Å²) in [5.74, 6) is 2.30. The van der Waals surface area contributed by atoms with Crippen LogP contribution in [0.4, 0.5) is 0 Å². The number of methoxy groups -OCH3 is 2. The molecule has 0 fully saturated rings. The third-order valence-corrected chi connectivity index (χ3v) is 8.01. The number of aliphatic hydroxyl groups is 2. The van der Waals surface area contributed by atoms with Crippen molar-refractivity contribution in [3.8, 4) is 34.4 Å². The van der Waals surface area contributed by atoms with Gasteiger partial charge in [0.15, 0.2) is 0 Å². The number of aromatic nitrogens is 2. The van der Waals surface area contributed by atoms with Crippen LogP contribution in [0, 0.1) is 13.8 Å². The fourth-order valence-corrected chi connectivity index (χ4v) is 5.38. The number of benzene rings is 2. The van der Waals surface area contributed by atoms with Gasteiger partial charge in [0, 0.05) is 37.3 Å². The molecule has 12 heteroatoms. The minimum atomic E-state index is 0.0348. The smallest absolute Gasteiger partial charge is 0.218 e. The van der Waals surface area contributed by atoms with Crippen LogP contribution in [0.1, 0.15) is 33.6 Å². The van der Waals surface area contributed by atoms with Crippen LogP contribution in [0.2, 0.25) is 10.0 Å². The highest BCUT2D eigenvalue weighted by Crippen LogP contribution is 2.36. The fourth-order valence-electron chi connectivity index (χ4n) is 4.92. The second kappa shape index (κ2) is 17.3. The Morgan fingerprint density at radius 2 is 1.09 bits per heavy atom. The van der Waals surface area contributed by atoms with E-state index in [2.05, 4.69) is 20.6 Å². The van der Waals surface area contributed by atoms with Gasteiger partial charge >= 0.3 is 0 Å². The van der Waals surface area contributed by atoms with Gasteiger partial charge in [-0.05, 0) is 60.4 Å². The SMILES string of the molecule is COc1nc(COc2cccc(-c3cccc(OCc4nc(OC)c(CNCCO)cc4Cl)c3C)c2C)c(Cl)cc1CNCCO. The number of nitrogens with one attached hydrogen (secondary N) is 2. The van der Waals surface area contributed by atoms with Crippen LogP contribution in [0.25, 0.3) is 11.1 Å². The predicted octanol–water partition coefficient (Wildman–Crippen LogP) is 5.41. The van der Waals surface area contributed by atoms with E-state index >= 15 is 0 Å². The molecule has 0 aliphatic heterocycles. The van der Waals surface area contributed by atoms with Crippen molar-refractivity contribution >= 4 is 23.2 Å². The van der Waals surface area contributed by atoms with E-state index in [0.717, 1.165) is 33.4 Å². The van der Waals surface area contributed by atoms with Gasteiger partial charge in [0.1, 0.15) is 36.1 Å². The van der Waals surface area contributed by atoms with Crippen molar-refractivity contribution in [2.45, 2.75) is 40.2 Å². The van der Waals surface area contributed by atoms with Crippen LogP contribution in [-0.4, -0.2) is 60.7 Å². The molecule has 0 aliphatic carbocycles. The monoisotopic (exact) mass is 670 g/mol. The number of aliphatic hydroxyl groups excluding tert-OH is 2. The highest BCUT2D eigenvalue weighted by Gasteiger charge is 2.17. The molecule has 4 aromatic rings. The van der Waals surface area contributed by atoms with Crippen molar-refractivity contribution in [2.24, 2.45) is 0 Å². The van der Waals surface area contributed by atoms with Gasteiger partial charge in [-0.2, -0.15) is 0 Å². The number of nitrogens with zero attached hydrogens (tertiary/aromatic N) is 2. The van der Waals surface area contributed by atoms with E-state index in [0.29, 0.717) is 70.9 Å². The minimum Gasteiger partial charge on any atom is -0.487 e. The van der Waals surface area contributed by atoms with Crippen molar-refractivity contribution in [3.05, 3.63) is 92.2 Å². The Labute approximate surface area is 279 Å². The van der Waals surface area contributed by atoms with E-state index in [9.17, 15) is 0 Å². The number of hydrogen-bond acceptors (Lipinski definition) is 10. The lowest BCUT2D eigenvalue weighted by Crippen LogP contribution is -2.18. The van der Waals surface area contributed by atoms with Crippen LogP contribution < -0.4 is 29.6 Å². The Balaban J connectivity index is 1.50. The van der Waals surface area contributed by atoms with E-state index < -0.39 is 0 Å². The standard InChI is InChI=1S/C34H40Cl2N4O6/c1-21-25(7-5-9-31(21)45-19-29-27(35)15-23(17-37-11-13-41)33(39-29)43-3)26-8-6-10-32(22(26)2)46-20-30-28(36)16-24(18-38-12-14-42)34(40-30)44-4/h5-10,15-16,37-38,41-42H,11-14,17-20H2,1-4H3. The molecule has 2 heterocycles. The van der Waals surface area contributed by atoms with Gasteiger partial charge in [0.2, 0.25) is 11.8 Å². The molecule has 4 N–H and O–H groups in total. The molecule has 0 saturated heterocycles. The van der Waals surface area contributed by atoms with Crippen molar-refractivity contribution < 1.29 is 29.2 Å². The first-order valence-electron chi connectivity index (χ1n) is 14.8. The molecule has 0 spiro atoms. The van der Waals surface area contributed by atoms with Crippen molar-refractivity contribution in [3.63, 3.8) is 0 Å². The first-order chi connectivity index (χ1) is 22.3. The summed E-state index contributed by atoms with van der Waals surface area (Å²) in [5.41, 5.74) is 6.60. The van der Waals surface area contributed by atoms with Crippen molar-refractivity contribution in [1.29, 1.82) is 0 Å². The maximum Gasteiger partial charge on any atom is 0.218 e. The van der Waals surface area contributed by atoms with Gasteiger partial charge in [0.05, 0.1) is 37.5 Å². The molecule has 46 heavy (non-hydrogen) atoms. The topological polar surface area (TPSA) is 127 Å². The quantitative estimate of drug-likeness (QED) is 0.108. The molecule has 2 aromatic carbocycles. The van der Waals surface area contributed by atoms with Gasteiger partial charge < -0.3 is 39.8 Å². The summed E-state index contributed by atoms with van der Waals surface area (Å²) >= 11 is 13.1. The van der Waals surface area contributed by atoms with Crippen LogP contribution in [0.5, 0.6) is 23.3 Å². The van der Waals surface area contributed by atoms with Crippen LogP contribution >= 0.6 is 23.2 Å². The van der Waals surface area contributed by atoms with Crippen LogP contribution in [0.15, 0.2) is 48.5 Å². The van der Waals surface area contributed by atoms with Crippen LogP contribution in [0.3, 0.4) is 0 Å². The molecular formula is C34H40Cl2N4O6. The van der Waals surface area contributed by atoms with E-state index in [1.807, 2.05) is 50.2 Å². The fraction of sp³-hybridized carbons (Fsp3) is 0.353. The van der Waals surface area contributed by atoms with E-state index in [-0.39, 0.29) is 26.4 Å². The predicted molar refractivity (Wildman–Crippen MR) is 179 cm³/mol. The first-order valence-corrected chi connectivity index (χ1v) is 15.6. The van der Waals surface area contributed by atoms with Gasteiger partial charge in [-0.3, -0.25) is 0 Å². The molecule has 4 rings (SSSR count). The lowest BCUT2D eigenvalue weighted by Gasteiger charge is -2.18. The maximum absolute atomic E-state index is 9.04. The molecular weight excluding hydrogens is 631 g/mol. The average molecular weight is 672 g/mol. The van der Waals surface area contributed by atoms with Crippen molar-refractivity contribution in [1.82, 2.24) is 20.6 Å². The second-order valence-electron chi connectivity index (χ2n) is 10.4. The average Bonchev–Trinajstić information content (AvgIpc) is 3.05.